The molecule has 0 aliphatic carbocycles. The molecule has 1 radical (unpaired) electrons. The van der Waals surface area contributed by atoms with Gasteiger partial charge in [0.05, 0.1) is 13.2 Å². The van der Waals surface area contributed by atoms with E-state index in [-0.39, 0.29) is 18.6 Å². The second-order valence-corrected chi connectivity index (χ2v) is 3.56. The fourth-order valence-electron chi connectivity index (χ4n) is 2.09. The van der Waals surface area contributed by atoms with Gasteiger partial charge in [-0.1, -0.05) is 6.92 Å². The molecule has 0 amide bonds. The van der Waals surface area contributed by atoms with Gasteiger partial charge < -0.3 is 4.74 Å². The zero-order chi connectivity index (χ0) is 6.97. The van der Waals surface area contributed by atoms with Gasteiger partial charge in [-0.15, -0.1) is 0 Å². The molecule has 2 fully saturated rings. The molecule has 0 aromatic heterocycles. The zero-order valence-electron chi connectivity index (χ0n) is 6.99. The van der Waals surface area contributed by atoms with E-state index in [1.54, 1.807) is 0 Å². The fraction of sp³-hybridized carbons (Fsp3) is 1.00. The summed E-state index contributed by atoms with van der Waals surface area (Å²) in [6.07, 6.45) is 1.35. The number of morpholine rings is 1. The minimum atomic E-state index is 0. The van der Waals surface area contributed by atoms with Crippen molar-refractivity contribution >= 4 is 0 Å². The summed E-state index contributed by atoms with van der Waals surface area (Å²) in [5, 5.41) is 0. The van der Waals surface area contributed by atoms with Gasteiger partial charge in [0.1, 0.15) is 0 Å². The summed E-state index contributed by atoms with van der Waals surface area (Å²) in [5.74, 6) is 0.895. The average molecular weight is 192 g/mol. The molecule has 2 nitrogen and oxygen atoms in total. The number of rotatable bonds is 0. The van der Waals surface area contributed by atoms with E-state index in [4.69, 9.17) is 4.74 Å². The second-order valence-electron chi connectivity index (χ2n) is 3.56. The molecular weight excluding hydrogens is 177 g/mol. The van der Waals surface area contributed by atoms with E-state index >= 15 is 0 Å². The molecule has 0 aromatic rings. The molecule has 2 aliphatic rings. The van der Waals surface area contributed by atoms with E-state index in [1.807, 2.05) is 0 Å². The second kappa shape index (κ2) is 3.95. The normalized spacial score (nSPS) is 37.9. The number of nitrogens with zero attached hydrogens (tertiary/aromatic N) is 1. The van der Waals surface area contributed by atoms with Crippen molar-refractivity contribution in [2.75, 3.05) is 26.3 Å². The smallest absolute Gasteiger partial charge is 0.0622 e. The molecule has 0 spiro atoms. The Labute approximate surface area is 80.2 Å². The van der Waals surface area contributed by atoms with E-state index < -0.39 is 0 Å². The molecule has 2 saturated heterocycles. The van der Waals surface area contributed by atoms with Gasteiger partial charge >= 0.3 is 0 Å². The Kier molecular flexibility index (Phi) is 3.44. The number of fused-ring (bicyclic) bond motifs is 1. The molecule has 2 aliphatic heterocycles. The quantitative estimate of drug-likeness (QED) is 0.561. The van der Waals surface area contributed by atoms with Crippen molar-refractivity contribution in [2.24, 2.45) is 5.92 Å². The average Bonchev–Trinajstić information content (AvgIpc) is 2.27. The molecule has 0 saturated carbocycles. The van der Waals surface area contributed by atoms with Crippen LogP contribution in [0.15, 0.2) is 0 Å². The van der Waals surface area contributed by atoms with Crippen LogP contribution >= 0.6 is 0 Å². The summed E-state index contributed by atoms with van der Waals surface area (Å²) in [7, 11) is 0. The minimum absolute atomic E-state index is 0. The molecule has 0 bridgehead atoms. The zero-order valence-corrected chi connectivity index (χ0v) is 8.39. The van der Waals surface area contributed by atoms with Crippen LogP contribution in [0.5, 0.6) is 0 Å². The van der Waals surface area contributed by atoms with Crippen molar-refractivity contribution in [1.29, 1.82) is 0 Å². The minimum Gasteiger partial charge on any atom is -0.378 e. The van der Waals surface area contributed by atoms with E-state index in [2.05, 4.69) is 11.8 Å². The Morgan fingerprint density at radius 2 is 2.27 bits per heavy atom. The molecule has 63 valence electrons. The van der Waals surface area contributed by atoms with Gasteiger partial charge in [-0.05, 0) is 12.3 Å². The molecular formula is C8H15NOV. The maximum atomic E-state index is 5.39. The van der Waals surface area contributed by atoms with E-state index in [1.165, 1.54) is 13.0 Å². The van der Waals surface area contributed by atoms with Crippen LogP contribution in [0.3, 0.4) is 0 Å². The van der Waals surface area contributed by atoms with Gasteiger partial charge in [-0.2, -0.15) is 0 Å². The van der Waals surface area contributed by atoms with Gasteiger partial charge in [-0.3, -0.25) is 4.90 Å². The SMILES string of the molecule is CC1CC2COCCN2C1.[V]. The number of hydrogen-bond acceptors (Lipinski definition) is 2. The largest absolute Gasteiger partial charge is 0.378 e. The maximum absolute atomic E-state index is 5.39. The van der Waals surface area contributed by atoms with Crippen molar-refractivity contribution in [3.8, 4) is 0 Å². The first-order valence-corrected chi connectivity index (χ1v) is 4.18. The van der Waals surface area contributed by atoms with Crippen LogP contribution in [0, 0.1) is 5.92 Å². The summed E-state index contributed by atoms with van der Waals surface area (Å²) in [5.41, 5.74) is 0. The van der Waals surface area contributed by atoms with Gasteiger partial charge in [0, 0.05) is 37.7 Å². The van der Waals surface area contributed by atoms with Crippen molar-refractivity contribution in [3.63, 3.8) is 0 Å². The van der Waals surface area contributed by atoms with Crippen LogP contribution in [0.2, 0.25) is 0 Å². The summed E-state index contributed by atoms with van der Waals surface area (Å²) in [4.78, 5) is 2.56. The van der Waals surface area contributed by atoms with Crippen LogP contribution in [0.1, 0.15) is 13.3 Å². The maximum Gasteiger partial charge on any atom is 0.0622 e. The Morgan fingerprint density at radius 1 is 1.45 bits per heavy atom. The van der Waals surface area contributed by atoms with Gasteiger partial charge in [0.2, 0.25) is 0 Å². The topological polar surface area (TPSA) is 12.5 Å². The molecule has 0 aromatic carbocycles. The predicted octanol–water partition coefficient (Wildman–Crippen LogP) is 0.725. The Bertz CT molecular complexity index is 117. The van der Waals surface area contributed by atoms with E-state index in [0.717, 1.165) is 31.7 Å². The Morgan fingerprint density at radius 3 is 3.00 bits per heavy atom. The summed E-state index contributed by atoms with van der Waals surface area (Å²) < 4.78 is 5.39. The summed E-state index contributed by atoms with van der Waals surface area (Å²) in [6, 6.07) is 0.753. The predicted molar refractivity (Wildman–Crippen MR) is 40.0 cm³/mol. The summed E-state index contributed by atoms with van der Waals surface area (Å²) >= 11 is 0. The van der Waals surface area contributed by atoms with Gasteiger partial charge in [0.15, 0.2) is 0 Å². The third kappa shape index (κ3) is 2.00. The first-order valence-electron chi connectivity index (χ1n) is 4.18. The van der Waals surface area contributed by atoms with Crippen molar-refractivity contribution in [3.05, 3.63) is 0 Å². The first kappa shape index (κ1) is 9.59. The molecule has 2 unspecified atom stereocenters. The molecule has 2 rings (SSSR count). The molecule has 11 heavy (non-hydrogen) atoms. The van der Waals surface area contributed by atoms with Crippen molar-refractivity contribution in [2.45, 2.75) is 19.4 Å². The monoisotopic (exact) mass is 192 g/mol. The van der Waals surface area contributed by atoms with Crippen LogP contribution in [-0.2, 0) is 23.3 Å². The third-order valence-corrected chi connectivity index (χ3v) is 2.57. The number of hydrogen-bond donors (Lipinski definition) is 0. The van der Waals surface area contributed by atoms with Crippen LogP contribution < -0.4 is 0 Å². The Hall–Kier alpha value is 0.504. The molecule has 0 N–H and O–H groups in total. The van der Waals surface area contributed by atoms with Crippen LogP contribution in [0.4, 0.5) is 0 Å². The standard InChI is InChI=1S/C8H15NO.V/c1-7-4-8-6-10-3-2-9(8)5-7;/h7-8H,2-6H2,1H3;. The van der Waals surface area contributed by atoms with Crippen molar-refractivity contribution < 1.29 is 23.3 Å². The summed E-state index contributed by atoms with van der Waals surface area (Å²) in [6.45, 7) is 6.72. The number of ether oxygens (including phenoxy) is 1. The van der Waals surface area contributed by atoms with Gasteiger partial charge in [-0.25, -0.2) is 0 Å². The third-order valence-electron chi connectivity index (χ3n) is 2.57. The van der Waals surface area contributed by atoms with E-state index in [9.17, 15) is 0 Å². The molecule has 3 heteroatoms. The van der Waals surface area contributed by atoms with E-state index in [0.29, 0.717) is 0 Å². The fourth-order valence-corrected chi connectivity index (χ4v) is 2.09. The molecule has 2 atom stereocenters. The molecule has 2 heterocycles. The van der Waals surface area contributed by atoms with Gasteiger partial charge in [0.25, 0.3) is 0 Å². The Balaban J connectivity index is 0.000000605. The van der Waals surface area contributed by atoms with Crippen LogP contribution in [-0.4, -0.2) is 37.2 Å². The first-order chi connectivity index (χ1) is 4.86. The van der Waals surface area contributed by atoms with Crippen LogP contribution in [0.25, 0.3) is 0 Å². The van der Waals surface area contributed by atoms with Crippen molar-refractivity contribution in [1.82, 2.24) is 4.90 Å².